The molecule has 2 aromatic carbocycles. The van der Waals surface area contributed by atoms with Gasteiger partial charge in [0.05, 0.1) is 40.3 Å². The molecule has 31 heavy (non-hydrogen) atoms. The lowest BCUT2D eigenvalue weighted by Crippen LogP contribution is -3.06. The van der Waals surface area contributed by atoms with Crippen LogP contribution in [0.3, 0.4) is 0 Å². The van der Waals surface area contributed by atoms with Gasteiger partial charge in [0.15, 0.2) is 5.76 Å². The summed E-state index contributed by atoms with van der Waals surface area (Å²) < 4.78 is 11.0. The fourth-order valence-electron chi connectivity index (χ4n) is 3.83. The predicted molar refractivity (Wildman–Crippen MR) is 113 cm³/mol. The zero-order valence-electron chi connectivity index (χ0n) is 17.7. The van der Waals surface area contributed by atoms with Crippen LogP contribution in [0.4, 0.5) is 0 Å². The van der Waals surface area contributed by atoms with Crippen molar-refractivity contribution >= 4 is 22.7 Å². The number of hydrogen-bond donors (Lipinski definition) is 1. The number of likely N-dealkylation sites (N-methyl/N-ethyl adjacent to an activating group) is 1. The molecule has 7 heteroatoms. The second kappa shape index (κ2) is 8.28. The van der Waals surface area contributed by atoms with E-state index in [9.17, 15) is 14.7 Å². The lowest BCUT2D eigenvalue weighted by Gasteiger charge is -2.28. The highest BCUT2D eigenvalue weighted by Gasteiger charge is 2.40. The Labute approximate surface area is 180 Å². The van der Waals surface area contributed by atoms with Gasteiger partial charge >= 0.3 is 0 Å². The molecule has 160 valence electrons. The number of methoxy groups -OCH3 is 1. The van der Waals surface area contributed by atoms with E-state index in [0.717, 1.165) is 10.3 Å². The molecule has 2 heterocycles. The van der Waals surface area contributed by atoms with Crippen molar-refractivity contribution < 1.29 is 28.7 Å². The maximum Gasteiger partial charge on any atom is 0.240 e. The molecule has 0 aliphatic carbocycles. The molecule has 7 nitrogen and oxygen atoms in total. The number of fused-ring (bicyclic) bond motifs is 1. The van der Waals surface area contributed by atoms with Crippen molar-refractivity contribution in [3.63, 3.8) is 0 Å². The van der Waals surface area contributed by atoms with Gasteiger partial charge in [0.25, 0.3) is 0 Å². The topological polar surface area (TPSA) is 87.2 Å². The first-order chi connectivity index (χ1) is 14.9. The minimum atomic E-state index is -0.796. The second-order valence-corrected chi connectivity index (χ2v) is 7.86. The Morgan fingerprint density at radius 2 is 1.94 bits per heavy atom. The van der Waals surface area contributed by atoms with Crippen molar-refractivity contribution in [2.75, 3.05) is 34.3 Å². The molecule has 1 N–H and O–H groups in total. The lowest BCUT2D eigenvalue weighted by atomic mass is 9.95. The highest BCUT2D eigenvalue weighted by atomic mass is 16.5. The van der Waals surface area contributed by atoms with E-state index in [2.05, 4.69) is 0 Å². The van der Waals surface area contributed by atoms with Crippen LogP contribution in [0.5, 0.6) is 5.75 Å². The number of furan rings is 1. The summed E-state index contributed by atoms with van der Waals surface area (Å²) in [7, 11) is 5.47. The number of nitrogens with one attached hydrogen (secondary N) is 1. The summed E-state index contributed by atoms with van der Waals surface area (Å²) in [5, 5.41) is 13.8. The molecule has 1 amide bonds. The Balaban J connectivity index is 1.80. The summed E-state index contributed by atoms with van der Waals surface area (Å²) in [4.78, 5) is 28.9. The molecule has 3 aromatic rings. The van der Waals surface area contributed by atoms with Gasteiger partial charge in [-0.2, -0.15) is 0 Å². The number of hydrogen-bond acceptors (Lipinski definition) is 5. The zero-order valence-corrected chi connectivity index (χ0v) is 17.7. The van der Waals surface area contributed by atoms with Gasteiger partial charge in [-0.3, -0.25) is 9.59 Å². The van der Waals surface area contributed by atoms with Crippen molar-refractivity contribution in [3.05, 3.63) is 77.3 Å². The van der Waals surface area contributed by atoms with Crippen LogP contribution in [0.25, 0.3) is 11.0 Å². The Kier molecular flexibility index (Phi) is 5.52. The molecule has 0 bridgehead atoms. The van der Waals surface area contributed by atoms with Crippen molar-refractivity contribution in [2.24, 2.45) is 0 Å². The van der Waals surface area contributed by atoms with Crippen LogP contribution >= 0.6 is 0 Å². The number of carbonyl (C=O) groups is 2. The van der Waals surface area contributed by atoms with E-state index >= 15 is 0 Å². The molecule has 4 rings (SSSR count). The lowest BCUT2D eigenvalue weighted by molar-refractivity contribution is -0.857. The van der Waals surface area contributed by atoms with E-state index in [0.29, 0.717) is 30.0 Å². The number of quaternary nitrogens is 1. The van der Waals surface area contributed by atoms with Gasteiger partial charge in [-0.25, -0.2) is 0 Å². The number of carbonyl (C=O) groups excluding carboxylic acids is 2. The molecule has 1 aromatic heterocycles. The second-order valence-electron chi connectivity index (χ2n) is 7.86. The van der Waals surface area contributed by atoms with Crippen molar-refractivity contribution in [3.8, 4) is 5.75 Å². The number of rotatable bonds is 7. The van der Waals surface area contributed by atoms with E-state index in [4.69, 9.17) is 9.15 Å². The molecule has 0 saturated heterocycles. The van der Waals surface area contributed by atoms with E-state index < -0.39 is 23.5 Å². The summed E-state index contributed by atoms with van der Waals surface area (Å²) >= 11 is 0. The summed E-state index contributed by atoms with van der Waals surface area (Å²) in [5.41, 5.74) is 1.10. The van der Waals surface area contributed by atoms with Gasteiger partial charge in [-0.05, 0) is 35.6 Å². The molecule has 0 radical (unpaired) electrons. The molecule has 0 saturated carbocycles. The van der Waals surface area contributed by atoms with Crippen LogP contribution < -0.4 is 14.7 Å². The Bertz CT molecular complexity index is 1140. The third-order valence-electron chi connectivity index (χ3n) is 5.44. The highest BCUT2D eigenvalue weighted by Crippen LogP contribution is 2.39. The summed E-state index contributed by atoms with van der Waals surface area (Å²) in [6.07, 6.45) is 0. The van der Waals surface area contributed by atoms with Crippen LogP contribution in [-0.4, -0.2) is 50.9 Å². The number of Topliss-reactive ketones (excluding diaryl/α,β-unsaturated/α-hetero) is 1. The minimum absolute atomic E-state index is 0.0466. The van der Waals surface area contributed by atoms with Crippen molar-refractivity contribution in [1.29, 1.82) is 0 Å². The summed E-state index contributed by atoms with van der Waals surface area (Å²) in [6, 6.07) is 15.1. The fourth-order valence-corrected chi connectivity index (χ4v) is 3.83. The maximum absolute atomic E-state index is 13.4. The minimum Gasteiger partial charge on any atom is -0.868 e. The number of amides is 1. The van der Waals surface area contributed by atoms with Crippen molar-refractivity contribution in [2.45, 2.75) is 6.04 Å². The molecular formula is C24H24N2O5. The number of benzene rings is 2. The number of ketones is 1. The summed E-state index contributed by atoms with van der Waals surface area (Å²) in [5.74, 6) is -1.40. The number of nitrogens with zero attached hydrogens (tertiary/aromatic N) is 1. The molecule has 1 unspecified atom stereocenters. The molecule has 1 aliphatic heterocycles. The molecule has 1 aliphatic rings. The smallest absolute Gasteiger partial charge is 0.240 e. The van der Waals surface area contributed by atoms with Gasteiger partial charge in [0.1, 0.15) is 11.3 Å². The first-order valence-corrected chi connectivity index (χ1v) is 10.1. The van der Waals surface area contributed by atoms with Gasteiger partial charge in [-0.1, -0.05) is 30.3 Å². The summed E-state index contributed by atoms with van der Waals surface area (Å²) in [6.45, 7) is 0.970. The normalized spacial score (nSPS) is 16.6. The third kappa shape index (κ3) is 3.80. The highest BCUT2D eigenvalue weighted by molar-refractivity contribution is 6.15. The van der Waals surface area contributed by atoms with Gasteiger partial charge in [0.2, 0.25) is 11.7 Å². The van der Waals surface area contributed by atoms with Crippen molar-refractivity contribution in [1.82, 2.24) is 4.90 Å². The number of ether oxygens (including phenoxy) is 1. The first kappa shape index (κ1) is 20.7. The molecule has 0 fully saturated rings. The van der Waals surface area contributed by atoms with Crippen LogP contribution in [0, 0.1) is 0 Å². The zero-order chi connectivity index (χ0) is 22.1. The van der Waals surface area contributed by atoms with E-state index in [-0.39, 0.29) is 11.3 Å². The van der Waals surface area contributed by atoms with Crippen LogP contribution in [0.2, 0.25) is 0 Å². The quantitative estimate of drug-likeness (QED) is 0.576. The van der Waals surface area contributed by atoms with Crippen LogP contribution in [0.1, 0.15) is 22.2 Å². The van der Waals surface area contributed by atoms with E-state index in [1.807, 2.05) is 32.3 Å². The molecule has 0 spiro atoms. The SMILES string of the molecule is COc1cccc(C2C(C(=O)c3cc4ccccc4o3)=C([O-])C(=O)N2CC[NH+](C)C)c1. The predicted octanol–water partition coefficient (Wildman–Crippen LogP) is 0.966. The average molecular weight is 420 g/mol. The Hall–Kier alpha value is -3.58. The maximum atomic E-state index is 13.4. The number of para-hydroxylation sites is 1. The van der Waals surface area contributed by atoms with Gasteiger partial charge in [0, 0.05) is 11.0 Å². The Morgan fingerprint density at radius 1 is 1.16 bits per heavy atom. The monoisotopic (exact) mass is 420 g/mol. The van der Waals surface area contributed by atoms with Crippen LogP contribution in [0.15, 0.2) is 70.3 Å². The third-order valence-corrected chi connectivity index (χ3v) is 5.44. The average Bonchev–Trinajstić information content (AvgIpc) is 3.31. The fraction of sp³-hybridized carbons (Fsp3) is 0.250. The Morgan fingerprint density at radius 3 is 2.65 bits per heavy atom. The van der Waals surface area contributed by atoms with E-state index in [1.54, 1.807) is 43.5 Å². The standard InChI is InChI=1S/C24H24N2O5/c1-25(2)11-12-26-21(16-8-6-9-17(13-16)30-3)20(23(28)24(26)29)22(27)19-14-15-7-4-5-10-18(15)31-19/h4-10,13-14,21,28H,11-12H2,1-3H3. The largest absolute Gasteiger partial charge is 0.868 e. The molecular weight excluding hydrogens is 396 g/mol. The van der Waals surface area contributed by atoms with Gasteiger partial charge in [-0.15, -0.1) is 0 Å². The first-order valence-electron chi connectivity index (χ1n) is 10.1. The molecule has 1 atom stereocenters. The van der Waals surface area contributed by atoms with Crippen LogP contribution in [-0.2, 0) is 4.79 Å². The van der Waals surface area contributed by atoms with Gasteiger partial charge < -0.3 is 24.1 Å². The van der Waals surface area contributed by atoms with E-state index in [1.165, 1.54) is 4.90 Å².